The van der Waals surface area contributed by atoms with Crippen LogP contribution >= 0.6 is 11.6 Å². The van der Waals surface area contributed by atoms with Crippen molar-refractivity contribution < 1.29 is 22.7 Å². The summed E-state index contributed by atoms with van der Waals surface area (Å²) in [6.45, 7) is 0.782. The van der Waals surface area contributed by atoms with E-state index < -0.39 is 16.1 Å². The van der Waals surface area contributed by atoms with Crippen molar-refractivity contribution in [2.75, 3.05) is 37.6 Å². The van der Waals surface area contributed by atoms with Gasteiger partial charge in [-0.3, -0.25) is 4.90 Å². The molecule has 0 aliphatic carbocycles. The molecule has 10 heteroatoms. The minimum atomic E-state index is -3.90. The molecule has 8 nitrogen and oxygen atoms in total. The first kappa shape index (κ1) is 22.4. The smallest absolute Gasteiger partial charge is 0.414 e. The van der Waals surface area contributed by atoms with E-state index in [0.717, 1.165) is 11.1 Å². The van der Waals surface area contributed by atoms with Crippen molar-refractivity contribution in [2.24, 2.45) is 4.99 Å². The van der Waals surface area contributed by atoms with Gasteiger partial charge in [-0.25, -0.2) is 22.5 Å². The highest BCUT2D eigenvalue weighted by Crippen LogP contribution is 2.33. The predicted octanol–water partition coefficient (Wildman–Crippen LogP) is 3.56. The van der Waals surface area contributed by atoms with Crippen LogP contribution in [0.1, 0.15) is 23.6 Å². The Kier molecular flexibility index (Phi) is 6.57. The Morgan fingerprint density at radius 3 is 2.72 bits per heavy atom. The number of rotatable bonds is 5. The van der Waals surface area contributed by atoms with Gasteiger partial charge in [0.2, 0.25) is 0 Å². The fraction of sp³-hybridized carbons (Fsp3) is 0.364. The molecule has 32 heavy (non-hydrogen) atoms. The molecule has 0 saturated carbocycles. The number of aryl methyl sites for hydroxylation is 1. The Bertz CT molecular complexity index is 1120. The van der Waals surface area contributed by atoms with Crippen molar-refractivity contribution >= 4 is 39.4 Å². The predicted molar refractivity (Wildman–Crippen MR) is 122 cm³/mol. The van der Waals surface area contributed by atoms with Crippen molar-refractivity contribution in [1.82, 2.24) is 4.31 Å². The number of alkyl halides is 1. The summed E-state index contributed by atoms with van der Waals surface area (Å²) in [5.41, 5.74) is 2.34. The van der Waals surface area contributed by atoms with Crippen LogP contribution in [-0.4, -0.2) is 57.5 Å². The normalized spacial score (nSPS) is 18.2. The Balaban J connectivity index is 1.61. The summed E-state index contributed by atoms with van der Waals surface area (Å²) in [5, 5.41) is 0. The number of anilines is 1. The number of halogens is 1. The zero-order valence-electron chi connectivity index (χ0n) is 17.6. The average Bonchev–Trinajstić information content (AvgIpc) is 3.28. The molecule has 0 aromatic heterocycles. The second-order valence-electron chi connectivity index (χ2n) is 7.43. The van der Waals surface area contributed by atoms with Crippen molar-refractivity contribution in [2.45, 2.75) is 23.8 Å². The molecule has 0 fully saturated rings. The van der Waals surface area contributed by atoms with Gasteiger partial charge < -0.3 is 9.47 Å². The third-order valence-electron chi connectivity index (χ3n) is 5.47. The zero-order chi connectivity index (χ0) is 22.7. The minimum Gasteiger partial charge on any atom is -0.468 e. The van der Waals surface area contributed by atoms with Crippen LogP contribution in [0.25, 0.3) is 0 Å². The van der Waals surface area contributed by atoms with E-state index in [4.69, 9.17) is 21.1 Å². The molecule has 1 amide bonds. The SMILES string of the molecule is COC1=NC(c2ccccc2)CN1S(=O)(=O)c1ccc2c(c1)CCCN2C(=O)OCCCl. The van der Waals surface area contributed by atoms with Crippen LogP contribution in [0, 0.1) is 0 Å². The lowest BCUT2D eigenvalue weighted by molar-refractivity contribution is 0.160. The number of carbonyl (C=O) groups excluding carboxylic acids is 1. The van der Waals surface area contributed by atoms with Gasteiger partial charge in [-0.15, -0.1) is 11.6 Å². The summed E-state index contributed by atoms with van der Waals surface area (Å²) in [5.74, 6) is 0.215. The van der Waals surface area contributed by atoms with Crippen molar-refractivity contribution in [3.05, 3.63) is 59.7 Å². The number of methoxy groups -OCH3 is 1. The van der Waals surface area contributed by atoms with E-state index in [0.29, 0.717) is 25.1 Å². The number of amides is 1. The molecule has 170 valence electrons. The highest BCUT2D eigenvalue weighted by Gasteiger charge is 2.37. The second-order valence-corrected chi connectivity index (χ2v) is 9.67. The quantitative estimate of drug-likeness (QED) is 0.614. The van der Waals surface area contributed by atoms with Gasteiger partial charge in [-0.05, 0) is 42.2 Å². The Morgan fingerprint density at radius 1 is 1.22 bits per heavy atom. The van der Waals surface area contributed by atoms with E-state index in [-0.39, 0.29) is 36.0 Å². The summed E-state index contributed by atoms with van der Waals surface area (Å²) in [6.07, 6.45) is 0.883. The summed E-state index contributed by atoms with van der Waals surface area (Å²) < 4.78 is 38.6. The summed E-state index contributed by atoms with van der Waals surface area (Å²) in [4.78, 5) is 18.5. The van der Waals surface area contributed by atoms with Gasteiger partial charge in [-0.2, -0.15) is 0 Å². The first-order chi connectivity index (χ1) is 15.5. The van der Waals surface area contributed by atoms with Crippen LogP contribution in [0.2, 0.25) is 0 Å². The maximum Gasteiger partial charge on any atom is 0.414 e. The maximum atomic E-state index is 13.5. The number of hydrogen-bond acceptors (Lipinski definition) is 6. The van der Waals surface area contributed by atoms with E-state index >= 15 is 0 Å². The molecule has 2 aromatic carbocycles. The maximum absolute atomic E-state index is 13.5. The van der Waals surface area contributed by atoms with E-state index in [1.807, 2.05) is 30.3 Å². The lowest BCUT2D eigenvalue weighted by Gasteiger charge is -2.29. The number of hydrogen-bond donors (Lipinski definition) is 0. The third kappa shape index (κ3) is 4.27. The van der Waals surface area contributed by atoms with Crippen LogP contribution in [-0.2, 0) is 25.9 Å². The number of sulfonamides is 1. The molecule has 0 spiro atoms. The fourth-order valence-corrected chi connectivity index (χ4v) is 5.47. The molecular formula is C22H24ClN3O5S. The Hall–Kier alpha value is -2.78. The van der Waals surface area contributed by atoms with Crippen molar-refractivity contribution in [3.8, 4) is 0 Å². The monoisotopic (exact) mass is 477 g/mol. The zero-order valence-corrected chi connectivity index (χ0v) is 19.2. The molecule has 0 N–H and O–H groups in total. The molecule has 2 heterocycles. The molecule has 1 unspecified atom stereocenters. The number of ether oxygens (including phenoxy) is 2. The molecule has 0 saturated heterocycles. The third-order valence-corrected chi connectivity index (χ3v) is 7.36. The van der Waals surface area contributed by atoms with Gasteiger partial charge in [0.1, 0.15) is 6.61 Å². The van der Waals surface area contributed by atoms with Gasteiger partial charge in [0.05, 0.1) is 36.2 Å². The van der Waals surface area contributed by atoms with Gasteiger partial charge in [0, 0.05) is 6.54 Å². The summed E-state index contributed by atoms with van der Waals surface area (Å²) >= 11 is 5.60. The number of benzene rings is 2. The molecule has 2 aliphatic rings. The van der Waals surface area contributed by atoms with E-state index in [1.54, 1.807) is 12.1 Å². The largest absolute Gasteiger partial charge is 0.468 e. The van der Waals surface area contributed by atoms with E-state index in [1.165, 1.54) is 22.4 Å². The summed E-state index contributed by atoms with van der Waals surface area (Å²) in [6, 6.07) is 14.0. The van der Waals surface area contributed by atoms with E-state index in [2.05, 4.69) is 4.99 Å². The lowest BCUT2D eigenvalue weighted by Crippen LogP contribution is -2.37. The average molecular weight is 478 g/mol. The first-order valence-corrected chi connectivity index (χ1v) is 12.3. The van der Waals surface area contributed by atoms with Crippen LogP contribution in [0.15, 0.2) is 58.4 Å². The van der Waals surface area contributed by atoms with Crippen molar-refractivity contribution in [1.29, 1.82) is 0 Å². The molecule has 0 radical (unpaired) electrons. The van der Waals surface area contributed by atoms with Gasteiger partial charge in [-0.1, -0.05) is 30.3 Å². The molecule has 4 rings (SSSR count). The number of aliphatic imine (C=N–C) groups is 1. The Labute approximate surface area is 192 Å². The first-order valence-electron chi connectivity index (χ1n) is 10.3. The standard InChI is InChI=1S/C22H24ClN3O5S/c1-30-21-24-19(16-6-3-2-4-7-16)15-26(21)32(28,29)18-9-10-20-17(14-18)8-5-12-25(20)22(27)31-13-11-23/h2-4,6-7,9-10,14,19H,5,8,11-13,15H2,1H3. The molecular weight excluding hydrogens is 454 g/mol. The van der Waals surface area contributed by atoms with Crippen molar-refractivity contribution in [3.63, 3.8) is 0 Å². The molecule has 1 atom stereocenters. The van der Waals surface area contributed by atoms with Crippen LogP contribution < -0.4 is 4.90 Å². The molecule has 2 aromatic rings. The van der Waals surface area contributed by atoms with Crippen LogP contribution in [0.5, 0.6) is 0 Å². The Morgan fingerprint density at radius 2 is 2.00 bits per heavy atom. The second kappa shape index (κ2) is 9.38. The highest BCUT2D eigenvalue weighted by molar-refractivity contribution is 7.89. The van der Waals surface area contributed by atoms with Gasteiger partial charge >= 0.3 is 12.1 Å². The minimum absolute atomic E-state index is 0.0582. The van der Waals surface area contributed by atoms with Gasteiger partial charge in [0.15, 0.2) is 0 Å². The highest BCUT2D eigenvalue weighted by atomic mass is 35.5. The number of amidine groups is 1. The fourth-order valence-electron chi connectivity index (χ4n) is 3.94. The van der Waals surface area contributed by atoms with Gasteiger partial charge in [0.25, 0.3) is 10.0 Å². The van der Waals surface area contributed by atoms with Crippen LogP contribution in [0.3, 0.4) is 0 Å². The number of nitrogens with zero attached hydrogens (tertiary/aromatic N) is 3. The lowest BCUT2D eigenvalue weighted by atomic mass is 10.0. The summed E-state index contributed by atoms with van der Waals surface area (Å²) in [7, 11) is -2.49. The van der Waals surface area contributed by atoms with E-state index in [9.17, 15) is 13.2 Å². The number of carbonyl (C=O) groups is 1. The molecule has 2 aliphatic heterocycles. The number of fused-ring (bicyclic) bond motifs is 1. The van der Waals surface area contributed by atoms with Crippen LogP contribution in [0.4, 0.5) is 10.5 Å². The molecule has 0 bridgehead atoms. The topological polar surface area (TPSA) is 88.5 Å².